The number of hydrogen-bond acceptors (Lipinski definition) is 5. The van der Waals surface area contributed by atoms with Crippen LogP contribution in [0.2, 0.25) is 0 Å². The van der Waals surface area contributed by atoms with Crippen molar-refractivity contribution in [3.63, 3.8) is 0 Å². The first-order valence-corrected chi connectivity index (χ1v) is 6.40. The van der Waals surface area contributed by atoms with E-state index in [0.717, 1.165) is 0 Å². The minimum atomic E-state index is -0.502. The SMILES string of the molecule is CNC(=O)c1cc([N+](=O)[O-])ccc1N1CCOC(C)C1. The lowest BCUT2D eigenvalue weighted by atomic mass is 10.1. The van der Waals surface area contributed by atoms with Gasteiger partial charge in [0.15, 0.2) is 0 Å². The molecule has 7 nitrogen and oxygen atoms in total. The van der Waals surface area contributed by atoms with E-state index in [2.05, 4.69) is 5.32 Å². The molecule has 0 bridgehead atoms. The minimum Gasteiger partial charge on any atom is -0.375 e. The summed E-state index contributed by atoms with van der Waals surface area (Å²) < 4.78 is 5.47. The molecule has 0 radical (unpaired) electrons. The van der Waals surface area contributed by atoms with E-state index < -0.39 is 4.92 Å². The maximum atomic E-state index is 11.9. The van der Waals surface area contributed by atoms with Crippen LogP contribution in [0, 0.1) is 10.1 Å². The number of nitro benzene ring substituents is 1. The molecule has 1 unspecified atom stereocenters. The quantitative estimate of drug-likeness (QED) is 0.663. The van der Waals surface area contributed by atoms with Crippen molar-refractivity contribution in [2.75, 3.05) is 31.6 Å². The van der Waals surface area contributed by atoms with E-state index in [-0.39, 0.29) is 17.7 Å². The van der Waals surface area contributed by atoms with Gasteiger partial charge in [-0.1, -0.05) is 0 Å². The number of morpholine rings is 1. The number of carbonyl (C=O) groups is 1. The van der Waals surface area contributed by atoms with Gasteiger partial charge in [-0.3, -0.25) is 14.9 Å². The summed E-state index contributed by atoms with van der Waals surface area (Å²) >= 11 is 0. The second-order valence-electron chi connectivity index (χ2n) is 4.67. The highest BCUT2D eigenvalue weighted by Gasteiger charge is 2.23. The number of nitrogens with zero attached hydrogens (tertiary/aromatic N) is 2. The summed E-state index contributed by atoms with van der Waals surface area (Å²) in [5.41, 5.74) is 0.926. The summed E-state index contributed by atoms with van der Waals surface area (Å²) in [6.45, 7) is 3.84. The zero-order valence-corrected chi connectivity index (χ0v) is 11.5. The van der Waals surface area contributed by atoms with Gasteiger partial charge in [-0.25, -0.2) is 0 Å². The van der Waals surface area contributed by atoms with Crippen LogP contribution >= 0.6 is 0 Å². The Hall–Kier alpha value is -2.15. The molecule has 20 heavy (non-hydrogen) atoms. The Morgan fingerprint density at radius 2 is 2.30 bits per heavy atom. The molecule has 1 atom stereocenters. The first kappa shape index (κ1) is 14.3. The van der Waals surface area contributed by atoms with Gasteiger partial charge in [-0.2, -0.15) is 0 Å². The van der Waals surface area contributed by atoms with Gasteiger partial charge >= 0.3 is 0 Å². The summed E-state index contributed by atoms with van der Waals surface area (Å²) in [6.07, 6.45) is 0.0662. The molecule has 1 amide bonds. The van der Waals surface area contributed by atoms with Crippen LogP contribution in [0.1, 0.15) is 17.3 Å². The summed E-state index contributed by atoms with van der Waals surface area (Å²) in [5.74, 6) is -0.331. The number of nitro groups is 1. The largest absolute Gasteiger partial charge is 0.375 e. The standard InChI is InChI=1S/C13H17N3O4/c1-9-8-15(5-6-20-9)12-4-3-10(16(18)19)7-11(12)13(17)14-2/h3-4,7,9H,5-6,8H2,1-2H3,(H,14,17). The third kappa shape index (κ3) is 2.88. The van der Waals surface area contributed by atoms with Gasteiger partial charge in [0, 0.05) is 32.3 Å². The molecule has 0 aliphatic carbocycles. The number of hydrogen-bond donors (Lipinski definition) is 1. The summed E-state index contributed by atoms with van der Waals surface area (Å²) in [7, 11) is 1.51. The zero-order valence-electron chi connectivity index (χ0n) is 11.5. The second kappa shape index (κ2) is 5.87. The number of benzene rings is 1. The van der Waals surface area contributed by atoms with Crippen LogP contribution in [-0.4, -0.2) is 43.7 Å². The average molecular weight is 279 g/mol. The average Bonchev–Trinajstić information content (AvgIpc) is 2.45. The van der Waals surface area contributed by atoms with Gasteiger partial charge in [0.05, 0.1) is 28.9 Å². The summed E-state index contributed by atoms with van der Waals surface area (Å²) in [5, 5.41) is 13.4. The monoisotopic (exact) mass is 279 g/mol. The third-order valence-corrected chi connectivity index (χ3v) is 3.24. The van der Waals surface area contributed by atoms with Crippen LogP contribution in [0.15, 0.2) is 18.2 Å². The normalized spacial score (nSPS) is 18.7. The van der Waals surface area contributed by atoms with E-state index in [4.69, 9.17) is 4.74 Å². The fourth-order valence-electron chi connectivity index (χ4n) is 2.27. The molecule has 7 heteroatoms. The number of anilines is 1. The summed E-state index contributed by atoms with van der Waals surface area (Å²) in [6, 6.07) is 4.36. The maximum absolute atomic E-state index is 11.9. The van der Waals surface area contributed by atoms with Crippen LogP contribution < -0.4 is 10.2 Å². The number of amides is 1. The van der Waals surface area contributed by atoms with Crippen LogP contribution in [0.3, 0.4) is 0 Å². The predicted octanol–water partition coefficient (Wildman–Crippen LogP) is 1.18. The Balaban J connectivity index is 2.40. The topological polar surface area (TPSA) is 84.7 Å². The smallest absolute Gasteiger partial charge is 0.270 e. The van der Waals surface area contributed by atoms with E-state index in [1.54, 1.807) is 6.07 Å². The lowest BCUT2D eigenvalue weighted by Crippen LogP contribution is -2.42. The van der Waals surface area contributed by atoms with Crippen LogP contribution in [0.5, 0.6) is 0 Å². The highest BCUT2D eigenvalue weighted by atomic mass is 16.6. The van der Waals surface area contributed by atoms with E-state index in [0.29, 0.717) is 30.9 Å². The number of rotatable bonds is 3. The molecule has 1 N–H and O–H groups in total. The molecule has 1 aromatic carbocycles. The minimum absolute atomic E-state index is 0.0662. The molecule has 1 aliphatic heterocycles. The van der Waals surface area contributed by atoms with E-state index in [9.17, 15) is 14.9 Å². The van der Waals surface area contributed by atoms with Crippen molar-refractivity contribution in [1.29, 1.82) is 0 Å². The Kier molecular flexibility index (Phi) is 4.19. The molecule has 1 saturated heterocycles. The molecule has 108 valence electrons. The van der Waals surface area contributed by atoms with Crippen molar-refractivity contribution >= 4 is 17.3 Å². The molecule has 1 aromatic rings. The summed E-state index contributed by atoms with van der Waals surface area (Å²) in [4.78, 5) is 24.3. The Labute approximate surface area is 116 Å². The second-order valence-corrected chi connectivity index (χ2v) is 4.67. The van der Waals surface area contributed by atoms with Crippen molar-refractivity contribution in [3.8, 4) is 0 Å². The molecule has 2 rings (SSSR count). The van der Waals surface area contributed by atoms with Crippen molar-refractivity contribution in [1.82, 2.24) is 5.32 Å². The molecule has 0 saturated carbocycles. The van der Waals surface area contributed by atoms with Gasteiger partial charge < -0.3 is 15.0 Å². The van der Waals surface area contributed by atoms with Crippen molar-refractivity contribution in [2.24, 2.45) is 0 Å². The third-order valence-electron chi connectivity index (χ3n) is 3.24. The van der Waals surface area contributed by atoms with Crippen molar-refractivity contribution in [3.05, 3.63) is 33.9 Å². The van der Waals surface area contributed by atoms with Gasteiger partial charge in [0.1, 0.15) is 0 Å². The lowest BCUT2D eigenvalue weighted by Gasteiger charge is -2.33. The van der Waals surface area contributed by atoms with Gasteiger partial charge in [-0.15, -0.1) is 0 Å². The zero-order chi connectivity index (χ0) is 14.7. The molecule has 1 heterocycles. The fraction of sp³-hybridized carbons (Fsp3) is 0.462. The van der Waals surface area contributed by atoms with Crippen molar-refractivity contribution < 1.29 is 14.5 Å². The Morgan fingerprint density at radius 1 is 1.55 bits per heavy atom. The highest BCUT2D eigenvalue weighted by Crippen LogP contribution is 2.27. The van der Waals surface area contributed by atoms with Gasteiger partial charge in [0.2, 0.25) is 0 Å². The molecule has 1 aliphatic rings. The number of non-ortho nitro benzene ring substituents is 1. The van der Waals surface area contributed by atoms with Crippen LogP contribution in [0.4, 0.5) is 11.4 Å². The van der Waals surface area contributed by atoms with Gasteiger partial charge in [-0.05, 0) is 13.0 Å². The molecular weight excluding hydrogens is 262 g/mol. The van der Waals surface area contributed by atoms with E-state index in [1.165, 1.54) is 19.2 Å². The maximum Gasteiger partial charge on any atom is 0.270 e. The first-order valence-electron chi connectivity index (χ1n) is 6.40. The van der Waals surface area contributed by atoms with Gasteiger partial charge in [0.25, 0.3) is 11.6 Å². The van der Waals surface area contributed by atoms with Crippen LogP contribution in [0.25, 0.3) is 0 Å². The molecule has 1 fully saturated rings. The van der Waals surface area contributed by atoms with Crippen molar-refractivity contribution in [2.45, 2.75) is 13.0 Å². The number of ether oxygens (including phenoxy) is 1. The molecule has 0 aromatic heterocycles. The number of carbonyl (C=O) groups excluding carboxylic acids is 1. The van der Waals surface area contributed by atoms with E-state index in [1.807, 2.05) is 11.8 Å². The van der Waals surface area contributed by atoms with Crippen LogP contribution in [-0.2, 0) is 4.74 Å². The fourth-order valence-corrected chi connectivity index (χ4v) is 2.27. The van der Waals surface area contributed by atoms with E-state index >= 15 is 0 Å². The predicted molar refractivity (Wildman–Crippen MR) is 74.1 cm³/mol. The molecular formula is C13H17N3O4. The Morgan fingerprint density at radius 3 is 2.90 bits per heavy atom. The first-order chi connectivity index (χ1) is 9.52. The molecule has 0 spiro atoms. The Bertz CT molecular complexity index is 532. The number of nitrogens with one attached hydrogen (secondary N) is 1. The highest BCUT2D eigenvalue weighted by molar-refractivity contribution is 6.00. The lowest BCUT2D eigenvalue weighted by molar-refractivity contribution is -0.384.